The van der Waals surface area contributed by atoms with Crippen LogP contribution in [-0.2, 0) is 11.3 Å². The van der Waals surface area contributed by atoms with E-state index in [0.717, 1.165) is 30.7 Å². The Morgan fingerprint density at radius 1 is 1.43 bits per heavy atom. The smallest absolute Gasteiger partial charge is 0.221 e. The number of hydrogen-bond donors (Lipinski definition) is 1. The number of nitrogens with zero attached hydrogens (tertiary/aromatic N) is 1. The van der Waals surface area contributed by atoms with Crippen molar-refractivity contribution in [1.29, 1.82) is 0 Å². The third-order valence-corrected chi connectivity index (χ3v) is 3.99. The van der Waals surface area contributed by atoms with Crippen molar-refractivity contribution >= 4 is 11.7 Å². The number of likely N-dealkylation sites (tertiary alicyclic amines) is 1. The van der Waals surface area contributed by atoms with Crippen molar-refractivity contribution in [3.8, 4) is 5.75 Å². The van der Waals surface area contributed by atoms with Crippen LogP contribution < -0.4 is 10.5 Å². The van der Waals surface area contributed by atoms with Crippen LogP contribution in [0.5, 0.6) is 5.75 Å². The second-order valence-corrected chi connectivity index (χ2v) is 5.56. The Morgan fingerprint density at radius 2 is 2.19 bits per heavy atom. The molecule has 1 atom stereocenters. The molecule has 5 nitrogen and oxygen atoms in total. The Balaban J connectivity index is 2.15. The highest BCUT2D eigenvalue weighted by Gasteiger charge is 2.24. The summed E-state index contributed by atoms with van der Waals surface area (Å²) in [5, 5.41) is 0. The van der Waals surface area contributed by atoms with Gasteiger partial charge >= 0.3 is 0 Å². The quantitative estimate of drug-likeness (QED) is 0.836. The summed E-state index contributed by atoms with van der Waals surface area (Å²) >= 11 is 0. The van der Waals surface area contributed by atoms with Crippen LogP contribution in [-0.4, -0.2) is 36.8 Å². The number of amides is 1. The number of ketones is 1. The van der Waals surface area contributed by atoms with Gasteiger partial charge in [0.15, 0.2) is 5.78 Å². The summed E-state index contributed by atoms with van der Waals surface area (Å²) in [4.78, 5) is 25.1. The van der Waals surface area contributed by atoms with Crippen LogP contribution in [0.1, 0.15) is 35.7 Å². The minimum absolute atomic E-state index is 0.0348. The van der Waals surface area contributed by atoms with E-state index in [-0.39, 0.29) is 17.6 Å². The number of Topliss-reactive ketones (excluding diaryl/α,β-unsaturated/α-hetero) is 1. The molecule has 1 saturated heterocycles. The van der Waals surface area contributed by atoms with Gasteiger partial charge in [0.05, 0.1) is 13.0 Å². The molecule has 0 spiro atoms. The summed E-state index contributed by atoms with van der Waals surface area (Å²) < 4.78 is 5.37. The molecule has 1 unspecified atom stereocenters. The molecule has 1 amide bonds. The third-order valence-electron chi connectivity index (χ3n) is 3.99. The molecule has 0 aliphatic carbocycles. The predicted octanol–water partition coefficient (Wildman–Crippen LogP) is 1.60. The van der Waals surface area contributed by atoms with E-state index in [2.05, 4.69) is 4.90 Å². The zero-order chi connectivity index (χ0) is 15.4. The van der Waals surface area contributed by atoms with Crippen LogP contribution in [0, 0.1) is 5.92 Å². The highest BCUT2D eigenvalue weighted by atomic mass is 16.5. The molecule has 5 heteroatoms. The van der Waals surface area contributed by atoms with E-state index < -0.39 is 0 Å². The maximum Gasteiger partial charge on any atom is 0.221 e. The van der Waals surface area contributed by atoms with E-state index >= 15 is 0 Å². The molecule has 1 aromatic carbocycles. The second kappa shape index (κ2) is 6.72. The maximum atomic E-state index is 11.5. The number of methoxy groups -OCH3 is 1. The van der Waals surface area contributed by atoms with E-state index in [1.807, 2.05) is 12.1 Å². The minimum Gasteiger partial charge on any atom is -0.496 e. The lowest BCUT2D eigenvalue weighted by Gasteiger charge is -2.31. The van der Waals surface area contributed by atoms with Gasteiger partial charge in [0.2, 0.25) is 5.91 Å². The molecule has 0 radical (unpaired) electrons. The molecule has 1 heterocycles. The van der Waals surface area contributed by atoms with Gasteiger partial charge < -0.3 is 10.5 Å². The van der Waals surface area contributed by atoms with Crippen LogP contribution in [0.2, 0.25) is 0 Å². The number of carbonyl (C=O) groups is 2. The van der Waals surface area contributed by atoms with Gasteiger partial charge in [0.1, 0.15) is 5.75 Å². The summed E-state index contributed by atoms with van der Waals surface area (Å²) in [5.74, 6) is 0.485. The van der Waals surface area contributed by atoms with Gasteiger partial charge in [-0.05, 0) is 44.5 Å². The van der Waals surface area contributed by atoms with E-state index in [9.17, 15) is 9.59 Å². The number of benzene rings is 1. The summed E-state index contributed by atoms with van der Waals surface area (Å²) in [6, 6.07) is 5.46. The summed E-state index contributed by atoms with van der Waals surface area (Å²) in [7, 11) is 1.62. The van der Waals surface area contributed by atoms with Crippen molar-refractivity contribution in [3.63, 3.8) is 0 Å². The van der Waals surface area contributed by atoms with Crippen molar-refractivity contribution in [2.45, 2.75) is 26.3 Å². The van der Waals surface area contributed by atoms with Crippen molar-refractivity contribution in [2.75, 3.05) is 20.2 Å². The van der Waals surface area contributed by atoms with Gasteiger partial charge in [-0.2, -0.15) is 0 Å². The molecule has 21 heavy (non-hydrogen) atoms. The zero-order valence-electron chi connectivity index (χ0n) is 12.6. The minimum atomic E-state index is -0.232. The first-order valence-corrected chi connectivity index (χ1v) is 7.20. The molecular formula is C16H22N2O3. The average Bonchev–Trinajstić information content (AvgIpc) is 2.47. The molecule has 2 N–H and O–H groups in total. The fraction of sp³-hybridized carbons (Fsp3) is 0.500. The van der Waals surface area contributed by atoms with E-state index in [0.29, 0.717) is 18.7 Å². The molecule has 2 rings (SSSR count). The Labute approximate surface area is 125 Å². The lowest BCUT2D eigenvalue weighted by Crippen LogP contribution is -2.40. The number of ether oxygens (including phenoxy) is 1. The van der Waals surface area contributed by atoms with Crippen molar-refractivity contribution in [1.82, 2.24) is 4.90 Å². The SMILES string of the molecule is COc1ccc(C(C)=O)cc1CN1CCCC(C(N)=O)C1. The van der Waals surface area contributed by atoms with Gasteiger partial charge in [-0.25, -0.2) is 0 Å². The van der Waals surface area contributed by atoms with Gasteiger partial charge in [-0.3, -0.25) is 14.5 Å². The molecule has 0 saturated carbocycles. The first kappa shape index (κ1) is 15.5. The van der Waals surface area contributed by atoms with Crippen molar-refractivity contribution in [2.24, 2.45) is 11.7 Å². The standard InChI is InChI=1S/C16H22N2O3/c1-11(19)12-5-6-15(21-2)14(8-12)10-18-7-3-4-13(9-18)16(17)20/h5-6,8,13H,3-4,7,9-10H2,1-2H3,(H2,17,20). The first-order valence-electron chi connectivity index (χ1n) is 7.20. The predicted molar refractivity (Wildman–Crippen MR) is 80.2 cm³/mol. The Bertz CT molecular complexity index is 542. The van der Waals surface area contributed by atoms with Crippen LogP contribution in [0.15, 0.2) is 18.2 Å². The van der Waals surface area contributed by atoms with Gasteiger partial charge in [-0.15, -0.1) is 0 Å². The normalized spacial score (nSPS) is 19.2. The average molecular weight is 290 g/mol. The number of hydrogen-bond acceptors (Lipinski definition) is 4. The van der Waals surface area contributed by atoms with Crippen LogP contribution in [0.4, 0.5) is 0 Å². The molecular weight excluding hydrogens is 268 g/mol. The molecule has 1 aromatic rings. The summed E-state index contributed by atoms with van der Waals surface area (Å²) in [6.07, 6.45) is 1.82. The van der Waals surface area contributed by atoms with Crippen molar-refractivity contribution in [3.05, 3.63) is 29.3 Å². The number of nitrogens with two attached hydrogens (primary N) is 1. The van der Waals surface area contributed by atoms with Crippen LogP contribution in [0.25, 0.3) is 0 Å². The number of primary amides is 1. The lowest BCUT2D eigenvalue weighted by molar-refractivity contribution is -0.123. The topological polar surface area (TPSA) is 72.6 Å². The van der Waals surface area contributed by atoms with E-state index in [1.54, 1.807) is 20.1 Å². The maximum absolute atomic E-state index is 11.5. The van der Waals surface area contributed by atoms with E-state index in [4.69, 9.17) is 10.5 Å². The van der Waals surface area contributed by atoms with Crippen molar-refractivity contribution < 1.29 is 14.3 Å². The third kappa shape index (κ3) is 3.82. The largest absolute Gasteiger partial charge is 0.496 e. The van der Waals surface area contributed by atoms with Gasteiger partial charge in [-0.1, -0.05) is 0 Å². The number of piperidine rings is 1. The van der Waals surface area contributed by atoms with Gasteiger partial charge in [0.25, 0.3) is 0 Å². The second-order valence-electron chi connectivity index (χ2n) is 5.56. The van der Waals surface area contributed by atoms with Crippen LogP contribution in [0.3, 0.4) is 0 Å². The zero-order valence-corrected chi connectivity index (χ0v) is 12.6. The number of rotatable bonds is 5. The molecule has 1 fully saturated rings. The summed E-state index contributed by atoms with van der Waals surface area (Å²) in [6.45, 7) is 3.81. The Hall–Kier alpha value is -1.88. The highest BCUT2D eigenvalue weighted by Crippen LogP contribution is 2.24. The molecule has 1 aliphatic rings. The lowest BCUT2D eigenvalue weighted by atomic mass is 9.96. The fourth-order valence-electron chi connectivity index (χ4n) is 2.79. The van der Waals surface area contributed by atoms with Gasteiger partial charge in [0, 0.05) is 24.2 Å². The monoisotopic (exact) mass is 290 g/mol. The fourth-order valence-corrected chi connectivity index (χ4v) is 2.79. The Kier molecular flexibility index (Phi) is 4.96. The first-order chi connectivity index (χ1) is 10.0. The molecule has 0 bridgehead atoms. The van der Waals surface area contributed by atoms with E-state index in [1.165, 1.54) is 0 Å². The molecule has 114 valence electrons. The number of carbonyl (C=O) groups excluding carboxylic acids is 2. The highest BCUT2D eigenvalue weighted by molar-refractivity contribution is 5.94. The molecule has 0 aromatic heterocycles. The van der Waals surface area contributed by atoms with Crippen LogP contribution >= 0.6 is 0 Å². The Morgan fingerprint density at radius 3 is 2.81 bits per heavy atom. The summed E-state index contributed by atoms with van der Waals surface area (Å²) in [5.41, 5.74) is 7.05. The molecule has 1 aliphatic heterocycles.